The fraction of sp³-hybridized carbons (Fsp3) is 0.238. The Bertz CT molecular complexity index is 1070. The third-order valence-corrected chi connectivity index (χ3v) is 4.89. The average Bonchev–Trinajstić information content (AvgIpc) is 3.38. The predicted molar refractivity (Wildman–Crippen MR) is 110 cm³/mol. The summed E-state index contributed by atoms with van der Waals surface area (Å²) in [6.07, 6.45) is 2.31. The van der Waals surface area contributed by atoms with Crippen LogP contribution in [0.25, 0.3) is 11.1 Å². The number of aromatic nitrogens is 3. The van der Waals surface area contributed by atoms with E-state index in [2.05, 4.69) is 15.6 Å². The van der Waals surface area contributed by atoms with E-state index in [-0.39, 0.29) is 6.54 Å². The SMILES string of the molecule is NC(=O)CNCc1ccc(-c2ccc(N3C[C@H](Cn4ccnn4)OC3=O)cc2F)cc1. The summed E-state index contributed by atoms with van der Waals surface area (Å²) >= 11 is 0. The average molecular weight is 424 g/mol. The molecule has 9 nitrogen and oxygen atoms in total. The highest BCUT2D eigenvalue weighted by Gasteiger charge is 2.33. The maximum Gasteiger partial charge on any atom is 0.414 e. The molecule has 2 heterocycles. The van der Waals surface area contributed by atoms with E-state index >= 15 is 0 Å². The standard InChI is InChI=1S/C21H21FN6O3/c22-19-9-16(28-13-17(31-21(28)30)12-27-8-7-25-26-27)5-6-18(19)15-3-1-14(2-4-15)10-24-11-20(23)29/h1-9,17,24H,10-13H2,(H2,23,29)/t17-/m0/s1. The molecule has 4 rings (SSSR count). The number of benzene rings is 2. The number of anilines is 1. The van der Waals surface area contributed by atoms with Gasteiger partial charge in [-0.1, -0.05) is 29.5 Å². The monoisotopic (exact) mass is 424 g/mol. The van der Waals surface area contributed by atoms with Crippen molar-refractivity contribution in [3.63, 3.8) is 0 Å². The topological polar surface area (TPSA) is 115 Å². The van der Waals surface area contributed by atoms with Gasteiger partial charge in [0.25, 0.3) is 0 Å². The van der Waals surface area contributed by atoms with E-state index in [4.69, 9.17) is 10.5 Å². The van der Waals surface area contributed by atoms with Crippen LogP contribution in [0.2, 0.25) is 0 Å². The summed E-state index contributed by atoms with van der Waals surface area (Å²) in [5.74, 6) is -0.866. The first kappa shape index (κ1) is 20.5. The molecule has 0 aliphatic carbocycles. The Labute approximate surface area is 177 Å². The van der Waals surface area contributed by atoms with Crippen LogP contribution >= 0.6 is 0 Å². The molecule has 1 aliphatic heterocycles. The second kappa shape index (κ2) is 8.92. The Morgan fingerprint density at radius 1 is 1.26 bits per heavy atom. The second-order valence-corrected chi connectivity index (χ2v) is 7.17. The molecule has 2 aromatic carbocycles. The lowest BCUT2D eigenvalue weighted by Gasteiger charge is -2.14. The van der Waals surface area contributed by atoms with E-state index in [1.54, 1.807) is 41.3 Å². The Morgan fingerprint density at radius 2 is 2.06 bits per heavy atom. The molecule has 0 unspecified atom stereocenters. The van der Waals surface area contributed by atoms with Gasteiger partial charge < -0.3 is 15.8 Å². The molecule has 1 saturated heterocycles. The van der Waals surface area contributed by atoms with Crippen LogP contribution in [0.3, 0.4) is 0 Å². The number of nitrogens with two attached hydrogens (primary N) is 1. The summed E-state index contributed by atoms with van der Waals surface area (Å²) in [6, 6.07) is 12.0. The van der Waals surface area contributed by atoms with E-state index in [0.29, 0.717) is 36.4 Å². The van der Waals surface area contributed by atoms with Crippen molar-refractivity contribution in [2.45, 2.75) is 19.2 Å². The van der Waals surface area contributed by atoms with Crippen LogP contribution in [-0.4, -0.2) is 46.2 Å². The predicted octanol–water partition coefficient (Wildman–Crippen LogP) is 1.68. The number of nitrogens with one attached hydrogen (secondary N) is 1. The molecule has 10 heteroatoms. The van der Waals surface area contributed by atoms with Crippen LogP contribution in [-0.2, 0) is 22.6 Å². The summed E-state index contributed by atoms with van der Waals surface area (Å²) in [7, 11) is 0. The van der Waals surface area contributed by atoms with Crippen molar-refractivity contribution in [2.24, 2.45) is 5.73 Å². The third-order valence-electron chi connectivity index (χ3n) is 4.89. The Morgan fingerprint density at radius 3 is 2.74 bits per heavy atom. The van der Waals surface area contributed by atoms with Gasteiger partial charge in [-0.05, 0) is 29.3 Å². The smallest absolute Gasteiger partial charge is 0.414 e. The van der Waals surface area contributed by atoms with Crippen molar-refractivity contribution < 1.29 is 18.7 Å². The Balaban J connectivity index is 1.43. The second-order valence-electron chi connectivity index (χ2n) is 7.17. The van der Waals surface area contributed by atoms with Crippen LogP contribution in [0.15, 0.2) is 54.9 Å². The van der Waals surface area contributed by atoms with E-state index in [1.165, 1.54) is 11.0 Å². The number of ether oxygens (including phenoxy) is 1. The highest BCUT2D eigenvalue weighted by Crippen LogP contribution is 2.29. The fourth-order valence-corrected chi connectivity index (χ4v) is 3.40. The third kappa shape index (κ3) is 4.86. The van der Waals surface area contributed by atoms with Gasteiger partial charge in [0, 0.05) is 18.3 Å². The lowest BCUT2D eigenvalue weighted by Crippen LogP contribution is -2.28. The Hall–Kier alpha value is -3.79. The first-order valence-electron chi connectivity index (χ1n) is 9.70. The highest BCUT2D eigenvalue weighted by molar-refractivity contribution is 5.90. The number of cyclic esters (lactones) is 1. The Kier molecular flexibility index (Phi) is 5.89. The summed E-state index contributed by atoms with van der Waals surface area (Å²) < 4.78 is 21.8. The van der Waals surface area contributed by atoms with E-state index in [1.807, 2.05) is 12.1 Å². The maximum atomic E-state index is 14.8. The molecule has 2 amide bonds. The first-order valence-corrected chi connectivity index (χ1v) is 9.70. The molecule has 0 saturated carbocycles. The fourth-order valence-electron chi connectivity index (χ4n) is 3.40. The van der Waals surface area contributed by atoms with Gasteiger partial charge >= 0.3 is 6.09 Å². The molecule has 0 bridgehead atoms. The number of carbonyl (C=O) groups is 2. The lowest BCUT2D eigenvalue weighted by atomic mass is 10.0. The number of hydrogen-bond donors (Lipinski definition) is 2. The minimum Gasteiger partial charge on any atom is -0.442 e. The number of halogens is 1. The molecule has 160 valence electrons. The van der Waals surface area contributed by atoms with Crippen LogP contribution in [0, 0.1) is 5.82 Å². The van der Waals surface area contributed by atoms with Gasteiger partial charge in [-0.15, -0.1) is 5.10 Å². The van der Waals surface area contributed by atoms with Gasteiger partial charge in [0.1, 0.15) is 11.9 Å². The number of hydrogen-bond acceptors (Lipinski definition) is 6. The summed E-state index contributed by atoms with van der Waals surface area (Å²) in [6.45, 7) is 1.25. The molecule has 1 aliphatic rings. The summed E-state index contributed by atoms with van der Waals surface area (Å²) in [5.41, 5.74) is 7.60. The molecule has 31 heavy (non-hydrogen) atoms. The van der Waals surface area contributed by atoms with Gasteiger partial charge in [-0.25, -0.2) is 13.9 Å². The number of amides is 2. The summed E-state index contributed by atoms with van der Waals surface area (Å²) in [4.78, 5) is 24.4. The van der Waals surface area contributed by atoms with E-state index in [9.17, 15) is 14.0 Å². The molecule has 1 atom stereocenters. The summed E-state index contributed by atoms with van der Waals surface area (Å²) in [5, 5.41) is 10.5. The molecular weight excluding hydrogens is 403 g/mol. The van der Waals surface area contributed by atoms with Crippen molar-refractivity contribution in [1.29, 1.82) is 0 Å². The van der Waals surface area contributed by atoms with Crippen molar-refractivity contribution in [3.05, 3.63) is 66.2 Å². The van der Waals surface area contributed by atoms with Gasteiger partial charge in [0.05, 0.1) is 31.5 Å². The van der Waals surface area contributed by atoms with Gasteiger partial charge in [-0.2, -0.15) is 0 Å². The van der Waals surface area contributed by atoms with E-state index < -0.39 is 23.9 Å². The number of nitrogens with zero attached hydrogens (tertiary/aromatic N) is 4. The first-order chi connectivity index (χ1) is 15.0. The van der Waals surface area contributed by atoms with Crippen LogP contribution in [0.1, 0.15) is 5.56 Å². The normalized spacial score (nSPS) is 15.8. The molecule has 0 radical (unpaired) electrons. The molecule has 1 fully saturated rings. The van der Waals surface area contributed by atoms with Crippen LogP contribution < -0.4 is 16.0 Å². The molecular formula is C21H21FN6O3. The largest absolute Gasteiger partial charge is 0.442 e. The minimum absolute atomic E-state index is 0.0937. The van der Waals surface area contributed by atoms with Gasteiger partial charge in [0.2, 0.25) is 5.91 Å². The zero-order valence-electron chi connectivity index (χ0n) is 16.6. The number of rotatable bonds is 8. The van der Waals surface area contributed by atoms with Crippen LogP contribution in [0.5, 0.6) is 0 Å². The quantitative estimate of drug-likeness (QED) is 0.569. The maximum absolute atomic E-state index is 14.8. The van der Waals surface area contributed by atoms with E-state index in [0.717, 1.165) is 5.56 Å². The lowest BCUT2D eigenvalue weighted by molar-refractivity contribution is -0.117. The molecule has 0 spiro atoms. The van der Waals surface area contributed by atoms with Crippen LogP contribution in [0.4, 0.5) is 14.9 Å². The van der Waals surface area contributed by atoms with Gasteiger partial charge in [0.15, 0.2) is 0 Å². The zero-order chi connectivity index (χ0) is 21.8. The number of primary amides is 1. The molecule has 3 aromatic rings. The van der Waals surface area contributed by atoms with Crippen molar-refractivity contribution in [2.75, 3.05) is 18.0 Å². The van der Waals surface area contributed by atoms with Crippen molar-refractivity contribution in [3.8, 4) is 11.1 Å². The van der Waals surface area contributed by atoms with Crippen molar-refractivity contribution >= 4 is 17.7 Å². The zero-order valence-corrected chi connectivity index (χ0v) is 16.6. The molecule has 3 N–H and O–H groups in total. The van der Waals surface area contributed by atoms with Crippen molar-refractivity contribution in [1.82, 2.24) is 20.3 Å². The minimum atomic E-state index is -0.523. The number of carbonyl (C=O) groups excluding carboxylic acids is 2. The highest BCUT2D eigenvalue weighted by atomic mass is 19.1. The van der Waals surface area contributed by atoms with Gasteiger partial charge in [-0.3, -0.25) is 9.69 Å². The molecule has 1 aromatic heterocycles.